The maximum absolute atomic E-state index is 11.5. The highest BCUT2D eigenvalue weighted by Gasteiger charge is 2.26. The van der Waals surface area contributed by atoms with Gasteiger partial charge in [0, 0.05) is 23.9 Å². The molecule has 18 heavy (non-hydrogen) atoms. The van der Waals surface area contributed by atoms with Crippen molar-refractivity contribution in [1.82, 2.24) is 9.97 Å². The number of nitrogens with zero attached hydrogens (tertiary/aromatic N) is 2. The number of rotatable bonds is 2. The van der Waals surface area contributed by atoms with Crippen molar-refractivity contribution in [2.75, 3.05) is 0 Å². The Bertz CT molecular complexity index is 634. The highest BCUT2D eigenvalue weighted by Crippen LogP contribution is 2.37. The summed E-state index contributed by atoms with van der Waals surface area (Å²) in [7, 11) is 0. The van der Waals surface area contributed by atoms with Gasteiger partial charge in [-0.2, -0.15) is 0 Å². The molecule has 0 aliphatic heterocycles. The Kier molecular flexibility index (Phi) is 2.55. The van der Waals surface area contributed by atoms with Crippen molar-refractivity contribution < 1.29 is 5.11 Å². The summed E-state index contributed by atoms with van der Waals surface area (Å²) in [5.41, 5.74) is 1.09. The van der Waals surface area contributed by atoms with Crippen molar-refractivity contribution >= 4 is 0 Å². The molecule has 0 amide bonds. The highest BCUT2D eigenvalue weighted by molar-refractivity contribution is 5.61. The van der Waals surface area contributed by atoms with E-state index in [2.05, 4.69) is 9.97 Å². The van der Waals surface area contributed by atoms with E-state index in [4.69, 9.17) is 0 Å². The molecule has 0 unspecified atom stereocenters. The van der Waals surface area contributed by atoms with Crippen LogP contribution in [0.4, 0.5) is 0 Å². The minimum atomic E-state index is -0.402. The van der Waals surface area contributed by atoms with Crippen LogP contribution in [0.2, 0.25) is 0 Å². The Morgan fingerprint density at radius 1 is 1.11 bits per heavy atom. The first-order valence-corrected chi connectivity index (χ1v) is 5.90. The van der Waals surface area contributed by atoms with Crippen LogP contribution < -0.4 is 5.43 Å². The zero-order valence-electron chi connectivity index (χ0n) is 9.71. The smallest absolute Gasteiger partial charge is 0.220 e. The van der Waals surface area contributed by atoms with Gasteiger partial charge in [0.15, 0.2) is 5.75 Å². The molecule has 0 bridgehead atoms. The van der Waals surface area contributed by atoms with Gasteiger partial charge in [0.1, 0.15) is 5.82 Å². The quantitative estimate of drug-likeness (QED) is 0.873. The summed E-state index contributed by atoms with van der Waals surface area (Å²) in [4.78, 5) is 20.1. The van der Waals surface area contributed by atoms with Crippen molar-refractivity contribution in [1.29, 1.82) is 0 Å². The van der Waals surface area contributed by atoms with E-state index < -0.39 is 5.43 Å². The van der Waals surface area contributed by atoms with Gasteiger partial charge in [-0.25, -0.2) is 9.97 Å². The van der Waals surface area contributed by atoms with Crippen molar-refractivity contribution in [2.45, 2.75) is 18.8 Å². The zero-order chi connectivity index (χ0) is 12.5. The molecule has 0 saturated heterocycles. The second-order valence-electron chi connectivity index (χ2n) is 4.48. The Labute approximate surface area is 104 Å². The molecule has 1 aromatic heterocycles. The predicted octanol–water partition coefficient (Wildman–Crippen LogP) is 2.09. The van der Waals surface area contributed by atoms with Crippen molar-refractivity contribution in [3.8, 4) is 16.9 Å². The first-order chi connectivity index (χ1) is 8.74. The molecule has 1 aromatic carbocycles. The van der Waals surface area contributed by atoms with Gasteiger partial charge in [-0.05, 0) is 30.5 Å². The lowest BCUT2D eigenvalue weighted by Gasteiger charge is -1.99. The lowest BCUT2D eigenvalue weighted by Crippen LogP contribution is -1.95. The summed E-state index contributed by atoms with van der Waals surface area (Å²) in [6, 6.07) is 6.17. The zero-order valence-corrected chi connectivity index (χ0v) is 9.71. The molecular weight excluding hydrogens is 228 g/mol. The van der Waals surface area contributed by atoms with Crippen LogP contribution in [0, 0.1) is 0 Å². The van der Waals surface area contributed by atoms with Crippen LogP contribution in [-0.2, 0) is 0 Å². The van der Waals surface area contributed by atoms with Crippen LogP contribution in [-0.4, -0.2) is 15.1 Å². The second-order valence-corrected chi connectivity index (χ2v) is 4.48. The summed E-state index contributed by atoms with van der Waals surface area (Å²) >= 11 is 0. The summed E-state index contributed by atoms with van der Waals surface area (Å²) in [5, 5.41) is 9.33. The molecule has 3 rings (SSSR count). The van der Waals surface area contributed by atoms with E-state index in [1.807, 2.05) is 0 Å². The molecule has 1 saturated carbocycles. The largest absolute Gasteiger partial charge is 0.504 e. The Morgan fingerprint density at radius 2 is 1.83 bits per heavy atom. The molecule has 1 heterocycles. The van der Waals surface area contributed by atoms with E-state index in [9.17, 15) is 9.90 Å². The van der Waals surface area contributed by atoms with Gasteiger partial charge in [-0.15, -0.1) is 0 Å². The fraction of sp³-hybridized carbons (Fsp3) is 0.214. The third-order valence-corrected chi connectivity index (χ3v) is 3.02. The van der Waals surface area contributed by atoms with Crippen LogP contribution >= 0.6 is 0 Å². The van der Waals surface area contributed by atoms with E-state index >= 15 is 0 Å². The second kappa shape index (κ2) is 4.22. The van der Waals surface area contributed by atoms with Gasteiger partial charge in [0.25, 0.3) is 0 Å². The fourth-order valence-corrected chi connectivity index (χ4v) is 1.81. The van der Waals surface area contributed by atoms with Crippen LogP contribution in [0.5, 0.6) is 5.75 Å². The molecule has 0 radical (unpaired) electrons. The van der Waals surface area contributed by atoms with Crippen molar-refractivity contribution in [3.63, 3.8) is 0 Å². The van der Waals surface area contributed by atoms with Gasteiger partial charge in [0.2, 0.25) is 5.43 Å². The summed E-state index contributed by atoms with van der Waals surface area (Å²) in [6.07, 6.45) is 5.79. The monoisotopic (exact) mass is 240 g/mol. The lowest BCUT2D eigenvalue weighted by molar-refractivity contribution is 0.471. The lowest BCUT2D eigenvalue weighted by atomic mass is 10.1. The molecule has 4 nitrogen and oxygen atoms in total. The van der Waals surface area contributed by atoms with E-state index in [-0.39, 0.29) is 5.75 Å². The van der Waals surface area contributed by atoms with Crippen molar-refractivity contribution in [3.05, 3.63) is 52.7 Å². The van der Waals surface area contributed by atoms with Crippen LogP contribution in [0.1, 0.15) is 24.6 Å². The molecule has 1 aliphatic rings. The van der Waals surface area contributed by atoms with Crippen LogP contribution in [0.15, 0.2) is 41.5 Å². The molecule has 2 aromatic rings. The van der Waals surface area contributed by atoms with Gasteiger partial charge in [-0.1, -0.05) is 12.1 Å². The van der Waals surface area contributed by atoms with E-state index in [0.717, 1.165) is 24.2 Å². The minimum absolute atomic E-state index is 0.253. The molecular formula is C14H12N2O2. The molecule has 1 aliphatic carbocycles. The summed E-state index contributed by atoms with van der Waals surface area (Å²) in [6.45, 7) is 0. The number of hydrogen-bond donors (Lipinski definition) is 1. The summed E-state index contributed by atoms with van der Waals surface area (Å²) < 4.78 is 0. The molecule has 90 valence electrons. The molecule has 4 heteroatoms. The highest BCUT2D eigenvalue weighted by atomic mass is 16.3. The van der Waals surface area contributed by atoms with Crippen LogP contribution in [0.3, 0.4) is 0 Å². The number of hydrogen-bond acceptors (Lipinski definition) is 4. The minimum Gasteiger partial charge on any atom is -0.504 e. The maximum Gasteiger partial charge on any atom is 0.220 e. The Hall–Kier alpha value is -2.23. The molecule has 1 fully saturated rings. The van der Waals surface area contributed by atoms with Gasteiger partial charge >= 0.3 is 0 Å². The number of aromatic nitrogens is 2. The number of aromatic hydroxyl groups is 1. The Morgan fingerprint density at radius 3 is 2.50 bits per heavy atom. The van der Waals surface area contributed by atoms with Gasteiger partial charge < -0.3 is 5.11 Å². The van der Waals surface area contributed by atoms with Gasteiger partial charge in [-0.3, -0.25) is 4.79 Å². The normalized spacial score (nSPS) is 14.4. The van der Waals surface area contributed by atoms with Crippen LogP contribution in [0.25, 0.3) is 11.1 Å². The standard InChI is InChI=1S/C14H12N2O2/c17-12-3-1-2-10(6-13(12)18)11-7-15-14(16-8-11)9-4-5-9/h1-3,6-9H,4-5H2,(H,17,18). The molecule has 1 N–H and O–H groups in total. The first kappa shape index (κ1) is 10.9. The van der Waals surface area contributed by atoms with Gasteiger partial charge in [0.05, 0.1) is 0 Å². The topological polar surface area (TPSA) is 63.1 Å². The predicted molar refractivity (Wildman–Crippen MR) is 67.4 cm³/mol. The fourth-order valence-electron chi connectivity index (χ4n) is 1.81. The Balaban J connectivity index is 2.01. The SMILES string of the molecule is O=c1cc(-c2cnc(C3CC3)nc2)cccc1O. The average Bonchev–Trinajstić information content (AvgIpc) is 3.21. The third kappa shape index (κ3) is 2.09. The van der Waals surface area contributed by atoms with E-state index in [0.29, 0.717) is 11.5 Å². The van der Waals surface area contributed by atoms with E-state index in [1.54, 1.807) is 24.5 Å². The maximum atomic E-state index is 11.5. The van der Waals surface area contributed by atoms with Crippen molar-refractivity contribution in [2.24, 2.45) is 0 Å². The first-order valence-electron chi connectivity index (χ1n) is 5.90. The third-order valence-electron chi connectivity index (χ3n) is 3.02. The average molecular weight is 240 g/mol. The molecule has 0 spiro atoms. The van der Waals surface area contributed by atoms with E-state index in [1.165, 1.54) is 12.1 Å². The molecule has 0 atom stereocenters. The summed E-state index contributed by atoms with van der Waals surface area (Å²) in [5.74, 6) is 1.14.